The van der Waals surface area contributed by atoms with Crippen molar-refractivity contribution in [3.8, 4) is 5.75 Å². The minimum atomic E-state index is -0.00568. The molecule has 2 fully saturated rings. The Morgan fingerprint density at radius 3 is 2.36 bits per heavy atom. The summed E-state index contributed by atoms with van der Waals surface area (Å²) in [6, 6.07) is 18.2. The number of rotatable bonds is 8. The maximum Gasteiger partial charge on any atom is 0.253 e. The van der Waals surface area contributed by atoms with Crippen LogP contribution in [0.4, 0.5) is 0 Å². The third-order valence-electron chi connectivity index (χ3n) is 7.01. The molecule has 0 N–H and O–H groups in total. The molecule has 0 saturated carbocycles. The highest BCUT2D eigenvalue weighted by molar-refractivity contribution is 5.95. The Kier molecular flexibility index (Phi) is 8.16. The van der Waals surface area contributed by atoms with Gasteiger partial charge < -0.3 is 14.5 Å². The molecule has 1 amide bonds. The lowest BCUT2D eigenvalue weighted by molar-refractivity contribution is -0.123. The van der Waals surface area contributed by atoms with Gasteiger partial charge in [0.25, 0.3) is 5.91 Å². The van der Waals surface area contributed by atoms with Gasteiger partial charge in [0, 0.05) is 50.6 Å². The lowest BCUT2D eigenvalue weighted by Gasteiger charge is -2.32. The van der Waals surface area contributed by atoms with Crippen LogP contribution in [0.25, 0.3) is 0 Å². The maximum atomic E-state index is 12.9. The summed E-state index contributed by atoms with van der Waals surface area (Å²) in [5, 5.41) is 0. The predicted molar refractivity (Wildman–Crippen MR) is 131 cm³/mol. The van der Waals surface area contributed by atoms with Gasteiger partial charge in [0.2, 0.25) is 0 Å². The molecule has 2 heterocycles. The van der Waals surface area contributed by atoms with E-state index < -0.39 is 0 Å². The highest BCUT2D eigenvalue weighted by Crippen LogP contribution is 2.23. The van der Waals surface area contributed by atoms with Crippen LogP contribution in [0.1, 0.15) is 54.9 Å². The molecule has 0 bridgehead atoms. The van der Waals surface area contributed by atoms with Crippen molar-refractivity contribution in [2.45, 2.75) is 51.6 Å². The lowest BCUT2D eigenvalue weighted by Crippen LogP contribution is -2.42. The Labute approximate surface area is 197 Å². The summed E-state index contributed by atoms with van der Waals surface area (Å²) in [5.74, 6) is 1.10. The number of amides is 1. The monoisotopic (exact) mass is 448 g/mol. The molecule has 0 spiro atoms. The van der Waals surface area contributed by atoms with E-state index in [1.165, 1.54) is 5.56 Å². The molecule has 2 aliphatic rings. The summed E-state index contributed by atoms with van der Waals surface area (Å²) in [7, 11) is 0. The average Bonchev–Trinajstić information content (AvgIpc) is 2.88. The molecule has 2 saturated heterocycles. The fraction of sp³-hybridized carbons (Fsp3) is 0.500. The van der Waals surface area contributed by atoms with E-state index in [0.29, 0.717) is 18.5 Å². The highest BCUT2D eigenvalue weighted by Gasteiger charge is 2.28. The Hall–Kier alpha value is -2.66. The number of hydrogen-bond acceptors (Lipinski definition) is 4. The van der Waals surface area contributed by atoms with Gasteiger partial charge in [-0.1, -0.05) is 37.3 Å². The van der Waals surface area contributed by atoms with Crippen LogP contribution < -0.4 is 4.74 Å². The summed E-state index contributed by atoms with van der Waals surface area (Å²) in [4.78, 5) is 29.3. The molecule has 33 heavy (non-hydrogen) atoms. The summed E-state index contributed by atoms with van der Waals surface area (Å²) in [5.41, 5.74) is 2.06. The SMILES string of the molecule is CCC(=O)[C@H]1CCCN(C(=O)c2ccc(OC3CCN(CCc4ccccc4)CC3)cc2)C1. The molecule has 2 aliphatic heterocycles. The molecule has 2 aromatic rings. The minimum Gasteiger partial charge on any atom is -0.490 e. The quantitative estimate of drug-likeness (QED) is 0.592. The zero-order valence-corrected chi connectivity index (χ0v) is 19.7. The first-order valence-corrected chi connectivity index (χ1v) is 12.5. The van der Waals surface area contributed by atoms with Gasteiger partial charge in [0.15, 0.2) is 0 Å². The summed E-state index contributed by atoms with van der Waals surface area (Å²) < 4.78 is 6.21. The molecule has 0 radical (unpaired) electrons. The van der Waals surface area contributed by atoms with Gasteiger partial charge in [-0.05, 0) is 61.9 Å². The molecule has 4 rings (SSSR count). The van der Waals surface area contributed by atoms with E-state index in [2.05, 4.69) is 35.2 Å². The second-order valence-electron chi connectivity index (χ2n) is 9.33. The number of Topliss-reactive ketones (excluding diaryl/α,β-unsaturated/α-hetero) is 1. The van der Waals surface area contributed by atoms with Crippen LogP contribution in [-0.4, -0.2) is 60.3 Å². The molecular weight excluding hydrogens is 412 g/mol. The van der Waals surface area contributed by atoms with Crippen molar-refractivity contribution in [2.24, 2.45) is 5.92 Å². The van der Waals surface area contributed by atoms with Crippen molar-refractivity contribution in [1.82, 2.24) is 9.80 Å². The van der Waals surface area contributed by atoms with Crippen molar-refractivity contribution < 1.29 is 14.3 Å². The van der Waals surface area contributed by atoms with Crippen molar-refractivity contribution in [3.63, 3.8) is 0 Å². The first-order chi connectivity index (χ1) is 16.1. The van der Waals surface area contributed by atoms with E-state index in [4.69, 9.17) is 4.74 Å². The molecule has 0 aromatic heterocycles. The summed E-state index contributed by atoms with van der Waals surface area (Å²) in [6.45, 7) is 6.38. The van der Waals surface area contributed by atoms with Crippen LogP contribution in [0.15, 0.2) is 54.6 Å². The van der Waals surface area contributed by atoms with Crippen molar-refractivity contribution in [3.05, 3.63) is 65.7 Å². The number of likely N-dealkylation sites (tertiary alicyclic amines) is 2. The van der Waals surface area contributed by atoms with Gasteiger partial charge in [-0.15, -0.1) is 0 Å². The van der Waals surface area contributed by atoms with E-state index in [-0.39, 0.29) is 23.7 Å². The standard InChI is InChI=1S/C28H36N2O3/c1-2-27(31)24-9-6-17-30(21-24)28(32)23-10-12-25(13-11-23)33-26-15-19-29(20-16-26)18-14-22-7-4-3-5-8-22/h3-5,7-8,10-13,24,26H,2,6,9,14-21H2,1H3/t24-/m0/s1. The lowest BCUT2D eigenvalue weighted by atomic mass is 9.92. The van der Waals surface area contributed by atoms with Crippen molar-refractivity contribution >= 4 is 11.7 Å². The number of piperidine rings is 2. The third-order valence-corrected chi connectivity index (χ3v) is 7.01. The van der Waals surface area contributed by atoms with Gasteiger partial charge >= 0.3 is 0 Å². The van der Waals surface area contributed by atoms with Gasteiger partial charge in [0.05, 0.1) is 0 Å². The zero-order chi connectivity index (χ0) is 23.0. The second kappa shape index (κ2) is 11.5. The van der Waals surface area contributed by atoms with Gasteiger partial charge in [-0.25, -0.2) is 0 Å². The normalized spacial score (nSPS) is 19.9. The Morgan fingerprint density at radius 2 is 1.67 bits per heavy atom. The molecule has 0 unspecified atom stereocenters. The Balaban J connectivity index is 1.23. The number of benzene rings is 2. The van der Waals surface area contributed by atoms with Gasteiger partial charge in [0.1, 0.15) is 17.6 Å². The summed E-state index contributed by atoms with van der Waals surface area (Å²) in [6.07, 6.45) is 5.70. The first kappa shape index (κ1) is 23.5. The Bertz CT molecular complexity index is 904. The maximum absolute atomic E-state index is 12.9. The molecule has 0 aliphatic carbocycles. The fourth-order valence-corrected chi connectivity index (χ4v) is 4.95. The molecule has 1 atom stereocenters. The fourth-order valence-electron chi connectivity index (χ4n) is 4.95. The largest absolute Gasteiger partial charge is 0.490 e. The smallest absolute Gasteiger partial charge is 0.253 e. The Morgan fingerprint density at radius 1 is 0.939 bits per heavy atom. The molecule has 2 aromatic carbocycles. The van der Waals surface area contributed by atoms with E-state index in [1.54, 1.807) is 0 Å². The minimum absolute atomic E-state index is 0.00568. The molecule has 176 valence electrons. The number of hydrogen-bond donors (Lipinski definition) is 0. The average molecular weight is 449 g/mol. The number of carbonyl (C=O) groups excluding carboxylic acids is 2. The third kappa shape index (κ3) is 6.44. The first-order valence-electron chi connectivity index (χ1n) is 12.5. The highest BCUT2D eigenvalue weighted by atomic mass is 16.5. The van der Waals surface area contributed by atoms with Gasteiger partial charge in [-0.2, -0.15) is 0 Å². The number of ketones is 1. The van der Waals surface area contributed by atoms with Crippen LogP contribution >= 0.6 is 0 Å². The molecule has 5 heteroatoms. The molecular formula is C28H36N2O3. The number of ether oxygens (including phenoxy) is 1. The van der Waals surface area contributed by atoms with E-state index in [9.17, 15) is 9.59 Å². The van der Waals surface area contributed by atoms with E-state index >= 15 is 0 Å². The predicted octanol–water partition coefficient (Wildman–Crippen LogP) is 4.60. The van der Waals surface area contributed by atoms with Gasteiger partial charge in [-0.3, -0.25) is 9.59 Å². The van der Waals surface area contributed by atoms with Crippen LogP contribution in [0.2, 0.25) is 0 Å². The van der Waals surface area contributed by atoms with Crippen molar-refractivity contribution in [2.75, 3.05) is 32.7 Å². The topological polar surface area (TPSA) is 49.9 Å². The van der Waals surface area contributed by atoms with Crippen LogP contribution in [0.5, 0.6) is 5.75 Å². The zero-order valence-electron chi connectivity index (χ0n) is 19.7. The van der Waals surface area contributed by atoms with E-state index in [0.717, 1.165) is 64.0 Å². The summed E-state index contributed by atoms with van der Waals surface area (Å²) >= 11 is 0. The van der Waals surface area contributed by atoms with E-state index in [1.807, 2.05) is 36.1 Å². The van der Waals surface area contributed by atoms with Crippen LogP contribution in [0, 0.1) is 5.92 Å². The second-order valence-corrected chi connectivity index (χ2v) is 9.33. The van der Waals surface area contributed by atoms with Crippen LogP contribution in [-0.2, 0) is 11.2 Å². The molecule has 5 nitrogen and oxygen atoms in total. The number of nitrogens with zero attached hydrogens (tertiary/aromatic N) is 2. The van der Waals surface area contributed by atoms with Crippen LogP contribution in [0.3, 0.4) is 0 Å². The van der Waals surface area contributed by atoms with Crippen molar-refractivity contribution in [1.29, 1.82) is 0 Å². The number of carbonyl (C=O) groups is 2.